The molecule has 1 N–H and O–H groups in total. The number of amides is 2. The van der Waals surface area contributed by atoms with Gasteiger partial charge in [-0.25, -0.2) is 0 Å². The van der Waals surface area contributed by atoms with E-state index in [2.05, 4.69) is 20.1 Å². The zero-order valence-corrected chi connectivity index (χ0v) is 22.3. The second kappa shape index (κ2) is 12.0. The molecule has 1 spiro atoms. The molecule has 3 rings (SSSR count). The van der Waals surface area contributed by atoms with Crippen LogP contribution in [0.5, 0.6) is 0 Å². The van der Waals surface area contributed by atoms with Gasteiger partial charge in [0.2, 0.25) is 11.8 Å². The van der Waals surface area contributed by atoms with Crippen LogP contribution < -0.4 is 0 Å². The molecule has 35 heavy (non-hydrogen) atoms. The van der Waals surface area contributed by atoms with Crippen LogP contribution in [0.15, 0.2) is 25.3 Å². The van der Waals surface area contributed by atoms with Gasteiger partial charge in [-0.2, -0.15) is 0 Å². The fourth-order valence-electron chi connectivity index (χ4n) is 6.12. The van der Waals surface area contributed by atoms with E-state index in [0.717, 1.165) is 25.7 Å². The van der Waals surface area contributed by atoms with Crippen molar-refractivity contribution in [2.45, 2.75) is 81.4 Å². The monoisotopic (exact) mass is 506 g/mol. The minimum Gasteiger partial charge on any atom is -0.465 e. The smallest absolute Gasteiger partial charge is 0.310 e. The predicted octanol–water partition coefficient (Wildman–Crippen LogP) is 3.42. The number of aliphatic hydroxyl groups excluding tert-OH is 1. The fraction of sp³-hybridized carbons (Fsp3) is 0.741. The average Bonchev–Trinajstić information content (AvgIpc) is 3.49. The number of aliphatic hydroxyl groups is 1. The lowest BCUT2D eigenvalue weighted by Gasteiger charge is -2.41. The molecule has 2 bridgehead atoms. The molecule has 3 aliphatic rings. The van der Waals surface area contributed by atoms with Gasteiger partial charge in [0, 0.05) is 18.3 Å². The number of unbranched alkanes of at least 4 members (excludes halogenated alkanes) is 1. The molecule has 3 heterocycles. The van der Waals surface area contributed by atoms with Crippen LogP contribution in [0.2, 0.25) is 0 Å². The highest BCUT2D eigenvalue weighted by atomic mass is 32.2. The van der Waals surface area contributed by atoms with Crippen molar-refractivity contribution in [2.75, 3.05) is 26.3 Å². The molecule has 3 aliphatic heterocycles. The van der Waals surface area contributed by atoms with Crippen LogP contribution >= 0.6 is 11.8 Å². The fourth-order valence-corrected chi connectivity index (χ4v) is 8.31. The average molecular weight is 507 g/mol. The van der Waals surface area contributed by atoms with Gasteiger partial charge in [-0.1, -0.05) is 45.8 Å². The van der Waals surface area contributed by atoms with Gasteiger partial charge in [-0.05, 0) is 31.6 Å². The summed E-state index contributed by atoms with van der Waals surface area (Å²) >= 11 is 1.64. The number of carbonyl (C=O) groups excluding carboxylic acids is 3. The summed E-state index contributed by atoms with van der Waals surface area (Å²) in [5.74, 6) is -1.78. The zero-order chi connectivity index (χ0) is 25.8. The lowest BCUT2D eigenvalue weighted by Crippen LogP contribution is -2.58. The summed E-state index contributed by atoms with van der Waals surface area (Å²) < 4.78 is 4.87. The molecule has 0 aromatic heterocycles. The Kier molecular flexibility index (Phi) is 9.49. The molecular formula is C27H42N2O5S. The van der Waals surface area contributed by atoms with E-state index in [4.69, 9.17) is 4.74 Å². The maximum atomic E-state index is 14.2. The van der Waals surface area contributed by atoms with Crippen molar-refractivity contribution in [3.63, 3.8) is 0 Å². The number of fused-ring (bicyclic) bond motifs is 1. The zero-order valence-electron chi connectivity index (χ0n) is 21.5. The first kappa shape index (κ1) is 27.8. The molecule has 0 aromatic rings. The van der Waals surface area contributed by atoms with Crippen LogP contribution in [-0.4, -0.2) is 81.1 Å². The summed E-state index contributed by atoms with van der Waals surface area (Å²) in [7, 11) is 0. The number of hydrogen-bond donors (Lipinski definition) is 1. The van der Waals surface area contributed by atoms with E-state index in [1.165, 1.54) is 0 Å². The summed E-state index contributed by atoms with van der Waals surface area (Å²) in [4.78, 5) is 45.0. The van der Waals surface area contributed by atoms with Crippen molar-refractivity contribution in [2.24, 2.45) is 17.8 Å². The summed E-state index contributed by atoms with van der Waals surface area (Å²) in [6.07, 6.45) is 8.03. The van der Waals surface area contributed by atoms with Gasteiger partial charge in [-0.3, -0.25) is 14.4 Å². The van der Waals surface area contributed by atoms with Crippen LogP contribution in [0, 0.1) is 17.8 Å². The molecule has 0 saturated carbocycles. The number of ether oxygens (including phenoxy) is 1. The first-order chi connectivity index (χ1) is 16.8. The summed E-state index contributed by atoms with van der Waals surface area (Å²) in [5, 5.41) is 10.4. The molecule has 8 heteroatoms. The first-order valence-electron chi connectivity index (χ1n) is 13.1. The summed E-state index contributed by atoms with van der Waals surface area (Å²) in [6.45, 7) is 14.7. The SMILES string of the molecule is C=CCCOC(=O)[C@@H]1[C@@H]2CCC3(S2)C(C(=O)N(CC=C)CCCC)N([C@@H](CO)[C@@H](C)CC)C(=O)[C@H]13. The lowest BCUT2D eigenvalue weighted by molar-refractivity contribution is -0.154. The molecular weight excluding hydrogens is 464 g/mol. The van der Waals surface area contributed by atoms with Crippen molar-refractivity contribution in [3.05, 3.63) is 25.3 Å². The highest BCUT2D eigenvalue weighted by Crippen LogP contribution is 2.67. The van der Waals surface area contributed by atoms with E-state index in [1.54, 1.807) is 33.7 Å². The number of hydrogen-bond acceptors (Lipinski definition) is 6. The molecule has 3 fully saturated rings. The Labute approximate surface area is 214 Å². The molecule has 7 atom stereocenters. The molecule has 0 radical (unpaired) electrons. The minimum atomic E-state index is -0.705. The van der Waals surface area contributed by atoms with Gasteiger partial charge in [0.05, 0.1) is 35.8 Å². The Morgan fingerprint density at radius 1 is 1.34 bits per heavy atom. The van der Waals surface area contributed by atoms with Gasteiger partial charge in [-0.15, -0.1) is 24.9 Å². The number of rotatable bonds is 14. The first-order valence-corrected chi connectivity index (χ1v) is 14.0. The maximum Gasteiger partial charge on any atom is 0.310 e. The van der Waals surface area contributed by atoms with Crippen molar-refractivity contribution in [1.29, 1.82) is 0 Å². The van der Waals surface area contributed by atoms with Crippen LogP contribution in [0.25, 0.3) is 0 Å². The van der Waals surface area contributed by atoms with Crippen molar-refractivity contribution >= 4 is 29.5 Å². The Bertz CT molecular complexity index is 819. The third-order valence-electron chi connectivity index (χ3n) is 8.10. The highest BCUT2D eigenvalue weighted by molar-refractivity contribution is 8.02. The summed E-state index contributed by atoms with van der Waals surface area (Å²) in [5.41, 5.74) is 0. The third kappa shape index (κ3) is 4.93. The van der Waals surface area contributed by atoms with Crippen molar-refractivity contribution in [3.8, 4) is 0 Å². The second-order valence-corrected chi connectivity index (χ2v) is 11.7. The molecule has 2 amide bonds. The number of carbonyl (C=O) groups is 3. The molecule has 196 valence electrons. The Morgan fingerprint density at radius 2 is 2.09 bits per heavy atom. The van der Waals surface area contributed by atoms with Crippen LogP contribution in [0.1, 0.15) is 59.3 Å². The maximum absolute atomic E-state index is 14.2. The van der Waals surface area contributed by atoms with Gasteiger partial charge < -0.3 is 19.6 Å². The van der Waals surface area contributed by atoms with Crippen LogP contribution in [0.4, 0.5) is 0 Å². The van der Waals surface area contributed by atoms with E-state index < -0.39 is 28.7 Å². The van der Waals surface area contributed by atoms with Crippen LogP contribution in [-0.2, 0) is 19.1 Å². The van der Waals surface area contributed by atoms with Gasteiger partial charge in [0.25, 0.3) is 0 Å². The van der Waals surface area contributed by atoms with Gasteiger partial charge in [0.15, 0.2) is 0 Å². The van der Waals surface area contributed by atoms with Crippen molar-refractivity contribution in [1.82, 2.24) is 9.80 Å². The summed E-state index contributed by atoms with van der Waals surface area (Å²) in [6, 6.07) is -1.18. The van der Waals surface area contributed by atoms with Gasteiger partial charge in [0.1, 0.15) is 6.04 Å². The molecule has 7 nitrogen and oxygen atoms in total. The lowest BCUT2D eigenvalue weighted by atomic mass is 9.71. The quantitative estimate of drug-likeness (QED) is 0.221. The number of thioether (sulfide) groups is 1. The van der Waals surface area contributed by atoms with E-state index in [1.807, 2.05) is 13.8 Å². The topological polar surface area (TPSA) is 87.2 Å². The predicted molar refractivity (Wildman–Crippen MR) is 139 cm³/mol. The minimum absolute atomic E-state index is 0.0122. The molecule has 0 aliphatic carbocycles. The Morgan fingerprint density at radius 3 is 2.69 bits per heavy atom. The van der Waals surface area contributed by atoms with Gasteiger partial charge >= 0.3 is 5.97 Å². The van der Waals surface area contributed by atoms with E-state index in [-0.39, 0.29) is 42.2 Å². The second-order valence-electron chi connectivity index (χ2n) is 10.1. The molecule has 2 unspecified atom stereocenters. The number of esters is 1. The normalized spacial score (nSPS) is 30.6. The Balaban J connectivity index is 2.04. The largest absolute Gasteiger partial charge is 0.465 e. The van der Waals surface area contributed by atoms with E-state index >= 15 is 0 Å². The molecule has 3 saturated heterocycles. The third-order valence-corrected chi connectivity index (χ3v) is 10.1. The molecule has 0 aromatic carbocycles. The van der Waals surface area contributed by atoms with E-state index in [9.17, 15) is 19.5 Å². The highest BCUT2D eigenvalue weighted by Gasteiger charge is 2.75. The van der Waals surface area contributed by atoms with Crippen LogP contribution in [0.3, 0.4) is 0 Å². The van der Waals surface area contributed by atoms with E-state index in [0.29, 0.717) is 25.9 Å². The standard InChI is InChI=1S/C27H42N2O5S/c1-6-10-15-28(14-8-3)25(32)23-27-13-12-20(35-27)21(26(33)34-16-11-7-2)22(27)24(31)29(23)19(17-30)18(5)9-4/h7-8,18-23,30H,2-3,6,9-17H2,1,4-5H3/t18-,19-,20-,21+,22-,23?,27?/m0/s1. The number of likely N-dealkylation sites (tertiary alicyclic amines) is 1. The number of nitrogens with zero attached hydrogens (tertiary/aromatic N) is 2. The Hall–Kier alpha value is -1.80. The van der Waals surface area contributed by atoms with Crippen molar-refractivity contribution < 1.29 is 24.2 Å².